The number of nitrogens with two attached hydrogens (primary N) is 1. The van der Waals surface area contributed by atoms with Gasteiger partial charge in [-0.15, -0.1) is 0 Å². The van der Waals surface area contributed by atoms with E-state index in [9.17, 15) is 0 Å². The number of halogens is 1. The maximum atomic E-state index is 6.22. The lowest BCUT2D eigenvalue weighted by Crippen LogP contribution is -2.25. The van der Waals surface area contributed by atoms with E-state index in [-0.39, 0.29) is 12.1 Å². The third-order valence-electron chi connectivity index (χ3n) is 3.30. The monoisotopic (exact) mass is 307 g/mol. The van der Waals surface area contributed by atoms with Crippen molar-refractivity contribution < 1.29 is 4.74 Å². The Morgan fingerprint density at radius 2 is 2.33 bits per heavy atom. The molecule has 2 aromatic rings. The Kier molecular flexibility index (Phi) is 2.87. The molecule has 0 radical (unpaired) electrons. The zero-order valence-corrected chi connectivity index (χ0v) is 11.6. The average molecular weight is 308 g/mol. The number of hydrogen-bond acceptors (Lipinski definition) is 3. The Morgan fingerprint density at radius 3 is 3.06 bits per heavy atom. The summed E-state index contributed by atoms with van der Waals surface area (Å²) in [5, 5.41) is 0. The maximum absolute atomic E-state index is 6.22. The number of imidazole rings is 1. The molecule has 1 aromatic carbocycles. The van der Waals surface area contributed by atoms with E-state index in [1.807, 2.05) is 36.0 Å². The highest BCUT2D eigenvalue weighted by atomic mass is 79.9. The van der Waals surface area contributed by atoms with Crippen LogP contribution in [-0.2, 0) is 7.05 Å². The first kappa shape index (κ1) is 11.7. The molecule has 1 aromatic heterocycles. The molecule has 0 bridgehead atoms. The Morgan fingerprint density at radius 1 is 1.50 bits per heavy atom. The second kappa shape index (κ2) is 4.40. The number of benzene rings is 1. The molecule has 0 saturated heterocycles. The van der Waals surface area contributed by atoms with E-state index < -0.39 is 0 Å². The van der Waals surface area contributed by atoms with Crippen LogP contribution in [0.1, 0.15) is 29.8 Å². The van der Waals surface area contributed by atoms with Crippen molar-refractivity contribution >= 4 is 15.9 Å². The van der Waals surface area contributed by atoms with Crippen molar-refractivity contribution in [3.8, 4) is 5.75 Å². The summed E-state index contributed by atoms with van der Waals surface area (Å²) in [6.45, 7) is 0. The molecule has 5 heteroatoms. The van der Waals surface area contributed by atoms with Gasteiger partial charge in [-0.2, -0.15) is 0 Å². The van der Waals surface area contributed by atoms with Gasteiger partial charge in [0, 0.05) is 29.5 Å². The third kappa shape index (κ3) is 1.93. The van der Waals surface area contributed by atoms with Gasteiger partial charge in [-0.25, -0.2) is 4.98 Å². The van der Waals surface area contributed by atoms with Gasteiger partial charge in [0.25, 0.3) is 0 Å². The van der Waals surface area contributed by atoms with Crippen molar-refractivity contribution in [3.05, 3.63) is 46.5 Å². The zero-order chi connectivity index (χ0) is 12.7. The summed E-state index contributed by atoms with van der Waals surface area (Å²) in [7, 11) is 1.97. The number of aromatic nitrogens is 2. The standard InChI is InChI=1S/C13H14BrN3O/c1-17-7-16-6-11(17)13-5-10(15)9-3-2-8(14)4-12(9)18-13/h2-4,6-7,10,13H,5,15H2,1H3. The molecule has 0 spiro atoms. The van der Waals surface area contributed by atoms with Crippen LogP contribution in [0.4, 0.5) is 0 Å². The van der Waals surface area contributed by atoms with Gasteiger partial charge >= 0.3 is 0 Å². The molecule has 2 N–H and O–H groups in total. The van der Waals surface area contributed by atoms with Crippen LogP contribution in [-0.4, -0.2) is 9.55 Å². The molecule has 4 nitrogen and oxygen atoms in total. The van der Waals surface area contributed by atoms with Gasteiger partial charge in [-0.1, -0.05) is 22.0 Å². The maximum Gasteiger partial charge on any atom is 0.142 e. The molecule has 0 fully saturated rings. The number of rotatable bonds is 1. The number of nitrogens with zero attached hydrogens (tertiary/aromatic N) is 2. The molecule has 3 rings (SSSR count). The SMILES string of the molecule is Cn1cncc1C1CC(N)c2ccc(Br)cc2O1. The first-order valence-corrected chi connectivity index (χ1v) is 6.62. The van der Waals surface area contributed by atoms with Crippen LogP contribution >= 0.6 is 15.9 Å². The summed E-state index contributed by atoms with van der Waals surface area (Å²) >= 11 is 3.46. The fourth-order valence-electron chi connectivity index (χ4n) is 2.33. The molecule has 2 heterocycles. The summed E-state index contributed by atoms with van der Waals surface area (Å²) < 4.78 is 9.01. The molecular weight excluding hydrogens is 294 g/mol. The van der Waals surface area contributed by atoms with Crippen LogP contribution in [0.25, 0.3) is 0 Å². The van der Waals surface area contributed by atoms with Crippen LogP contribution < -0.4 is 10.5 Å². The van der Waals surface area contributed by atoms with Crippen LogP contribution in [0.2, 0.25) is 0 Å². The molecule has 94 valence electrons. The summed E-state index contributed by atoms with van der Waals surface area (Å²) in [5.74, 6) is 0.856. The summed E-state index contributed by atoms with van der Waals surface area (Å²) in [5.41, 5.74) is 8.34. The topological polar surface area (TPSA) is 53.1 Å². The van der Waals surface area contributed by atoms with Gasteiger partial charge in [0.15, 0.2) is 0 Å². The predicted octanol–water partition coefficient (Wildman–Crippen LogP) is 2.71. The molecule has 18 heavy (non-hydrogen) atoms. The lowest BCUT2D eigenvalue weighted by Gasteiger charge is -2.30. The Balaban J connectivity index is 1.98. The lowest BCUT2D eigenvalue weighted by molar-refractivity contribution is 0.154. The quantitative estimate of drug-likeness (QED) is 0.881. The van der Waals surface area contributed by atoms with E-state index in [0.29, 0.717) is 0 Å². The van der Waals surface area contributed by atoms with E-state index >= 15 is 0 Å². The second-order valence-corrected chi connectivity index (χ2v) is 5.48. The van der Waals surface area contributed by atoms with Gasteiger partial charge in [-0.05, 0) is 12.1 Å². The van der Waals surface area contributed by atoms with Gasteiger partial charge in [0.1, 0.15) is 11.9 Å². The van der Waals surface area contributed by atoms with Crippen LogP contribution in [0.5, 0.6) is 5.75 Å². The van der Waals surface area contributed by atoms with Gasteiger partial charge in [0.05, 0.1) is 18.2 Å². The van der Waals surface area contributed by atoms with E-state index in [4.69, 9.17) is 10.5 Å². The minimum atomic E-state index is -0.0331. The summed E-state index contributed by atoms with van der Waals surface area (Å²) in [6, 6.07) is 5.98. The predicted molar refractivity (Wildman–Crippen MR) is 72.3 cm³/mol. The first-order valence-electron chi connectivity index (χ1n) is 5.83. The fraction of sp³-hybridized carbons (Fsp3) is 0.308. The van der Waals surface area contributed by atoms with Crippen molar-refractivity contribution in [2.24, 2.45) is 12.8 Å². The molecule has 2 unspecified atom stereocenters. The summed E-state index contributed by atoms with van der Waals surface area (Å²) in [6.07, 6.45) is 4.35. The van der Waals surface area contributed by atoms with Crippen molar-refractivity contribution in [3.63, 3.8) is 0 Å². The number of hydrogen-bond donors (Lipinski definition) is 1. The first-order chi connectivity index (χ1) is 8.65. The molecule has 0 saturated carbocycles. The third-order valence-corrected chi connectivity index (χ3v) is 3.79. The average Bonchev–Trinajstić information content (AvgIpc) is 2.74. The van der Waals surface area contributed by atoms with Gasteiger partial charge < -0.3 is 15.0 Å². The number of ether oxygens (including phenoxy) is 1. The van der Waals surface area contributed by atoms with Gasteiger partial charge in [0.2, 0.25) is 0 Å². The molecular formula is C13H14BrN3O. The molecule has 0 amide bonds. The molecule has 1 aliphatic heterocycles. The Hall–Kier alpha value is -1.33. The lowest BCUT2D eigenvalue weighted by atomic mass is 9.96. The molecule has 2 atom stereocenters. The van der Waals surface area contributed by atoms with Crippen molar-refractivity contribution in [1.29, 1.82) is 0 Å². The van der Waals surface area contributed by atoms with E-state index in [2.05, 4.69) is 20.9 Å². The highest BCUT2D eigenvalue weighted by Gasteiger charge is 2.28. The summed E-state index contributed by atoms with van der Waals surface area (Å²) in [4.78, 5) is 4.13. The number of aryl methyl sites for hydroxylation is 1. The van der Waals surface area contributed by atoms with E-state index in [0.717, 1.165) is 27.9 Å². The van der Waals surface area contributed by atoms with Crippen LogP contribution in [0.15, 0.2) is 35.2 Å². The minimum absolute atomic E-state index is 0.00162. The van der Waals surface area contributed by atoms with Crippen molar-refractivity contribution in [2.45, 2.75) is 18.6 Å². The van der Waals surface area contributed by atoms with Crippen molar-refractivity contribution in [2.75, 3.05) is 0 Å². The second-order valence-electron chi connectivity index (χ2n) is 4.56. The largest absolute Gasteiger partial charge is 0.484 e. The van der Waals surface area contributed by atoms with Gasteiger partial charge in [-0.3, -0.25) is 0 Å². The minimum Gasteiger partial charge on any atom is -0.484 e. The van der Waals surface area contributed by atoms with Crippen LogP contribution in [0, 0.1) is 0 Å². The smallest absolute Gasteiger partial charge is 0.142 e. The number of fused-ring (bicyclic) bond motifs is 1. The van der Waals surface area contributed by atoms with E-state index in [1.165, 1.54) is 0 Å². The normalized spacial score (nSPS) is 22.4. The zero-order valence-electron chi connectivity index (χ0n) is 10.0. The van der Waals surface area contributed by atoms with Crippen molar-refractivity contribution in [1.82, 2.24) is 9.55 Å². The highest BCUT2D eigenvalue weighted by Crippen LogP contribution is 2.40. The van der Waals surface area contributed by atoms with Crippen LogP contribution in [0.3, 0.4) is 0 Å². The highest BCUT2D eigenvalue weighted by molar-refractivity contribution is 9.10. The van der Waals surface area contributed by atoms with E-state index in [1.54, 1.807) is 6.33 Å². The Labute approximate surface area is 114 Å². The molecule has 1 aliphatic rings. The molecule has 0 aliphatic carbocycles. The fourth-order valence-corrected chi connectivity index (χ4v) is 2.67. The Bertz CT molecular complexity index is 581.